The largest absolute Gasteiger partial charge is 0.298 e. The fourth-order valence-electron chi connectivity index (χ4n) is 2.20. The minimum absolute atomic E-state index is 0.913. The number of hydrogen-bond donors (Lipinski definition) is 0. The van der Waals surface area contributed by atoms with Gasteiger partial charge in [-0.15, -0.1) is 0 Å². The molecular weight excluding hydrogens is 302 g/mol. The summed E-state index contributed by atoms with van der Waals surface area (Å²) in [4.78, 5) is 3.85. The molecule has 0 aliphatic carbocycles. The zero-order chi connectivity index (χ0) is 18.9. The van der Waals surface area contributed by atoms with E-state index in [-0.39, 0.29) is 0 Å². The standard InChI is InChI=1S/2C10H14.C4H9N/c2*1-3-9-5-7-10(4-2)8-6-9;1-3-5-4-2/h2*5-8H,3-4H2,1-2H3;3H,4H2,1-2H3. The summed E-state index contributed by atoms with van der Waals surface area (Å²) in [6.45, 7) is 13.6. The van der Waals surface area contributed by atoms with E-state index in [2.05, 4.69) is 81.2 Å². The van der Waals surface area contributed by atoms with Crippen molar-refractivity contribution in [2.24, 2.45) is 4.99 Å². The normalized spacial score (nSPS) is 9.84. The first-order valence-corrected chi connectivity index (χ1v) is 9.74. The average Bonchev–Trinajstić information content (AvgIpc) is 2.69. The van der Waals surface area contributed by atoms with Crippen LogP contribution >= 0.6 is 0 Å². The highest BCUT2D eigenvalue weighted by atomic mass is 14.7. The average molecular weight is 340 g/mol. The van der Waals surface area contributed by atoms with Gasteiger partial charge in [0.1, 0.15) is 0 Å². The number of hydrogen-bond acceptors (Lipinski definition) is 1. The van der Waals surface area contributed by atoms with E-state index >= 15 is 0 Å². The zero-order valence-corrected chi connectivity index (χ0v) is 17.2. The van der Waals surface area contributed by atoms with Crippen LogP contribution in [-0.4, -0.2) is 12.8 Å². The fourth-order valence-corrected chi connectivity index (χ4v) is 2.20. The molecule has 25 heavy (non-hydrogen) atoms. The molecule has 0 saturated heterocycles. The Kier molecular flexibility index (Phi) is 14.4. The molecule has 138 valence electrons. The molecule has 2 aromatic carbocycles. The Balaban J connectivity index is 0.000000368. The number of aliphatic imine (C=N–C) groups is 1. The number of aryl methyl sites for hydroxylation is 4. The molecular formula is C24H37N. The van der Waals surface area contributed by atoms with Gasteiger partial charge < -0.3 is 0 Å². The molecule has 0 spiro atoms. The Morgan fingerprint density at radius 1 is 0.560 bits per heavy atom. The van der Waals surface area contributed by atoms with Crippen molar-refractivity contribution in [3.05, 3.63) is 70.8 Å². The topological polar surface area (TPSA) is 12.4 Å². The van der Waals surface area contributed by atoms with Gasteiger partial charge in [-0.05, 0) is 68.0 Å². The van der Waals surface area contributed by atoms with Crippen molar-refractivity contribution in [2.45, 2.75) is 67.2 Å². The van der Waals surface area contributed by atoms with Crippen LogP contribution in [0.3, 0.4) is 0 Å². The van der Waals surface area contributed by atoms with E-state index in [9.17, 15) is 0 Å². The summed E-state index contributed by atoms with van der Waals surface area (Å²) >= 11 is 0. The quantitative estimate of drug-likeness (QED) is 0.536. The van der Waals surface area contributed by atoms with Gasteiger partial charge in [0.15, 0.2) is 0 Å². The second-order valence-corrected chi connectivity index (χ2v) is 5.80. The lowest BCUT2D eigenvalue weighted by Gasteiger charge is -1.97. The lowest BCUT2D eigenvalue weighted by molar-refractivity contribution is 1.10. The van der Waals surface area contributed by atoms with Crippen LogP contribution in [0.25, 0.3) is 0 Å². The first-order valence-electron chi connectivity index (χ1n) is 9.74. The summed E-state index contributed by atoms with van der Waals surface area (Å²) in [5.74, 6) is 0. The SMILES string of the molecule is CC=NCC.CCc1ccc(CC)cc1.CCc1ccc(CC)cc1. The van der Waals surface area contributed by atoms with E-state index in [1.165, 1.54) is 22.3 Å². The molecule has 0 radical (unpaired) electrons. The Labute approximate surface area is 156 Å². The van der Waals surface area contributed by atoms with Crippen molar-refractivity contribution in [1.29, 1.82) is 0 Å². The second kappa shape index (κ2) is 15.6. The third-order valence-corrected chi connectivity index (χ3v) is 4.04. The first-order chi connectivity index (χ1) is 12.1. The lowest BCUT2D eigenvalue weighted by atomic mass is 10.1. The van der Waals surface area contributed by atoms with Gasteiger partial charge >= 0.3 is 0 Å². The van der Waals surface area contributed by atoms with Crippen molar-refractivity contribution in [2.75, 3.05) is 6.54 Å². The van der Waals surface area contributed by atoms with E-state index in [1.807, 2.05) is 13.8 Å². The maximum Gasteiger partial charge on any atom is 0.0356 e. The smallest absolute Gasteiger partial charge is 0.0356 e. The van der Waals surface area contributed by atoms with Crippen molar-refractivity contribution >= 4 is 6.21 Å². The molecule has 0 saturated carbocycles. The number of benzene rings is 2. The van der Waals surface area contributed by atoms with Crippen LogP contribution in [0.5, 0.6) is 0 Å². The Morgan fingerprint density at radius 3 is 0.880 bits per heavy atom. The molecule has 0 aromatic heterocycles. The van der Waals surface area contributed by atoms with Gasteiger partial charge in [-0.25, -0.2) is 0 Å². The van der Waals surface area contributed by atoms with Crippen LogP contribution in [0.1, 0.15) is 63.8 Å². The van der Waals surface area contributed by atoms with Crippen LogP contribution in [0.2, 0.25) is 0 Å². The van der Waals surface area contributed by atoms with Gasteiger partial charge in [-0.3, -0.25) is 4.99 Å². The first kappa shape index (κ1) is 23.1. The maximum absolute atomic E-state index is 3.85. The van der Waals surface area contributed by atoms with Crippen LogP contribution in [0, 0.1) is 0 Å². The molecule has 1 nitrogen and oxygen atoms in total. The molecule has 0 fully saturated rings. The Hall–Kier alpha value is -1.89. The maximum atomic E-state index is 3.85. The summed E-state index contributed by atoms with van der Waals surface area (Å²) in [6.07, 6.45) is 6.38. The zero-order valence-electron chi connectivity index (χ0n) is 17.2. The van der Waals surface area contributed by atoms with Gasteiger partial charge in [-0.1, -0.05) is 76.2 Å². The summed E-state index contributed by atoms with van der Waals surface area (Å²) in [6, 6.07) is 17.7. The Bertz CT molecular complexity index is 456. The van der Waals surface area contributed by atoms with Gasteiger partial charge in [0, 0.05) is 6.54 Å². The van der Waals surface area contributed by atoms with Crippen LogP contribution < -0.4 is 0 Å². The van der Waals surface area contributed by atoms with Gasteiger partial charge in [0.2, 0.25) is 0 Å². The molecule has 0 bridgehead atoms. The molecule has 0 aliphatic heterocycles. The van der Waals surface area contributed by atoms with Crippen LogP contribution in [0.4, 0.5) is 0 Å². The predicted molar refractivity (Wildman–Crippen MR) is 115 cm³/mol. The fraction of sp³-hybridized carbons (Fsp3) is 0.458. The number of rotatable bonds is 5. The molecule has 2 rings (SSSR count). The van der Waals surface area contributed by atoms with Crippen molar-refractivity contribution in [1.82, 2.24) is 0 Å². The highest BCUT2D eigenvalue weighted by molar-refractivity contribution is 5.52. The van der Waals surface area contributed by atoms with Gasteiger partial charge in [0.05, 0.1) is 0 Å². The van der Waals surface area contributed by atoms with E-state index in [0.717, 1.165) is 32.2 Å². The van der Waals surface area contributed by atoms with E-state index in [4.69, 9.17) is 0 Å². The van der Waals surface area contributed by atoms with Gasteiger partial charge in [0.25, 0.3) is 0 Å². The summed E-state index contributed by atoms with van der Waals surface area (Å²) in [7, 11) is 0. The molecule has 0 amide bonds. The van der Waals surface area contributed by atoms with E-state index in [1.54, 1.807) is 6.21 Å². The third kappa shape index (κ3) is 11.3. The number of nitrogens with zero attached hydrogens (tertiary/aromatic N) is 1. The molecule has 0 N–H and O–H groups in total. The minimum Gasteiger partial charge on any atom is -0.298 e. The highest BCUT2D eigenvalue weighted by Gasteiger charge is 1.89. The van der Waals surface area contributed by atoms with E-state index < -0.39 is 0 Å². The minimum atomic E-state index is 0.913. The molecule has 1 heteroatoms. The van der Waals surface area contributed by atoms with Gasteiger partial charge in [-0.2, -0.15) is 0 Å². The highest BCUT2D eigenvalue weighted by Crippen LogP contribution is 2.05. The molecule has 0 atom stereocenters. The molecule has 0 unspecified atom stereocenters. The van der Waals surface area contributed by atoms with Crippen LogP contribution in [0.15, 0.2) is 53.5 Å². The summed E-state index contributed by atoms with van der Waals surface area (Å²) in [5, 5.41) is 0. The Morgan fingerprint density at radius 2 is 0.800 bits per heavy atom. The van der Waals surface area contributed by atoms with Crippen molar-refractivity contribution in [3.63, 3.8) is 0 Å². The van der Waals surface area contributed by atoms with Crippen molar-refractivity contribution < 1.29 is 0 Å². The van der Waals surface area contributed by atoms with Crippen molar-refractivity contribution in [3.8, 4) is 0 Å². The summed E-state index contributed by atoms with van der Waals surface area (Å²) < 4.78 is 0. The predicted octanol–water partition coefficient (Wildman–Crippen LogP) is 6.72. The molecule has 2 aromatic rings. The second-order valence-electron chi connectivity index (χ2n) is 5.80. The summed E-state index contributed by atoms with van der Waals surface area (Å²) in [5.41, 5.74) is 5.71. The van der Waals surface area contributed by atoms with E-state index in [0.29, 0.717) is 0 Å². The third-order valence-electron chi connectivity index (χ3n) is 4.04. The molecule has 0 aliphatic rings. The molecule has 0 heterocycles. The monoisotopic (exact) mass is 339 g/mol. The van der Waals surface area contributed by atoms with Crippen LogP contribution in [-0.2, 0) is 25.7 Å². The lowest BCUT2D eigenvalue weighted by Crippen LogP contribution is -1.81.